The molecule has 0 radical (unpaired) electrons. The zero-order valence-corrected chi connectivity index (χ0v) is 19.8. The van der Waals surface area contributed by atoms with Crippen LogP contribution in [0.1, 0.15) is 19.3 Å². The number of ether oxygens (including phenoxy) is 2. The van der Waals surface area contributed by atoms with E-state index in [-0.39, 0.29) is 0 Å². The number of unbranched alkanes of at least 4 members (excludes halogenated alkanes) is 2. The highest BCUT2D eigenvalue weighted by molar-refractivity contribution is 9.09. The Kier molecular flexibility index (Phi) is 9.26. The number of rotatable bonds is 12. The lowest BCUT2D eigenvalue weighted by molar-refractivity contribution is -0.158. The van der Waals surface area contributed by atoms with Gasteiger partial charge in [-0.25, -0.2) is 4.79 Å². The number of hydrogen-bond acceptors (Lipinski definition) is 4. The van der Waals surface area contributed by atoms with E-state index in [1.165, 1.54) is 12.8 Å². The van der Waals surface area contributed by atoms with Crippen LogP contribution in [0.4, 0.5) is 5.69 Å². The minimum atomic E-state index is -1.47. The van der Waals surface area contributed by atoms with Crippen molar-refractivity contribution in [2.45, 2.75) is 25.6 Å². The highest BCUT2D eigenvalue weighted by atomic mass is 79.9. The molecule has 0 bridgehead atoms. The topological polar surface area (TPSA) is 67.8 Å². The summed E-state index contributed by atoms with van der Waals surface area (Å²) in [6.45, 7) is 0.960. The van der Waals surface area contributed by atoms with E-state index in [2.05, 4.69) is 45.5 Å². The predicted octanol–water partition coefficient (Wildman–Crippen LogP) is 6.85. The number of alkyl halides is 1. The molecule has 0 heterocycles. The maximum atomic E-state index is 11.5. The standard InChI is InChI=1S/C25H25BrClNO4/c26-16-2-1-3-17-28-21-10-4-18(5-11-21)19-6-12-22(13-7-19)31-25(24(29)30)32-23-14-8-20(27)9-15-23/h4-15,25,28H,1-3,16-17H2,(H,29,30). The summed E-state index contributed by atoms with van der Waals surface area (Å²) in [6, 6.07) is 21.9. The Morgan fingerprint density at radius 1 is 0.844 bits per heavy atom. The highest BCUT2D eigenvalue weighted by Gasteiger charge is 2.21. The van der Waals surface area contributed by atoms with E-state index in [4.69, 9.17) is 21.1 Å². The van der Waals surface area contributed by atoms with Crippen molar-refractivity contribution in [3.8, 4) is 22.6 Å². The molecule has 1 atom stereocenters. The Labute approximate surface area is 201 Å². The molecule has 0 fully saturated rings. The van der Waals surface area contributed by atoms with Gasteiger partial charge in [-0.15, -0.1) is 0 Å². The lowest BCUT2D eigenvalue weighted by Crippen LogP contribution is -2.33. The molecule has 2 N–H and O–H groups in total. The zero-order chi connectivity index (χ0) is 22.8. The summed E-state index contributed by atoms with van der Waals surface area (Å²) in [7, 11) is 0. The van der Waals surface area contributed by atoms with Crippen molar-refractivity contribution < 1.29 is 19.4 Å². The first-order valence-corrected chi connectivity index (χ1v) is 11.9. The van der Waals surface area contributed by atoms with E-state index in [1.807, 2.05) is 12.1 Å². The molecule has 0 aliphatic heterocycles. The molecule has 168 valence electrons. The molecule has 7 heteroatoms. The second kappa shape index (κ2) is 12.4. The molecule has 0 amide bonds. The number of benzene rings is 3. The van der Waals surface area contributed by atoms with Gasteiger partial charge >= 0.3 is 12.3 Å². The van der Waals surface area contributed by atoms with Gasteiger partial charge in [0.05, 0.1) is 0 Å². The van der Waals surface area contributed by atoms with Crippen LogP contribution in [-0.2, 0) is 4.79 Å². The van der Waals surface area contributed by atoms with Crippen molar-refractivity contribution >= 4 is 39.2 Å². The van der Waals surface area contributed by atoms with Crippen LogP contribution < -0.4 is 14.8 Å². The summed E-state index contributed by atoms with van der Waals surface area (Å²) in [6.07, 6.45) is 2.08. The molecule has 3 aromatic carbocycles. The van der Waals surface area contributed by atoms with Crippen molar-refractivity contribution in [3.05, 3.63) is 77.8 Å². The number of aliphatic carboxylic acids is 1. The van der Waals surface area contributed by atoms with Crippen LogP contribution in [0.15, 0.2) is 72.8 Å². The number of carbonyl (C=O) groups is 1. The Bertz CT molecular complexity index is 978. The van der Waals surface area contributed by atoms with E-state index in [0.717, 1.165) is 35.1 Å². The first-order valence-electron chi connectivity index (χ1n) is 10.4. The Morgan fingerprint density at radius 3 is 1.91 bits per heavy atom. The summed E-state index contributed by atoms with van der Waals surface area (Å²) in [5.74, 6) is -0.466. The summed E-state index contributed by atoms with van der Waals surface area (Å²) in [5.41, 5.74) is 3.16. The van der Waals surface area contributed by atoms with Gasteiger partial charge in [0.25, 0.3) is 0 Å². The third kappa shape index (κ3) is 7.46. The third-order valence-corrected chi connectivity index (χ3v) is 5.53. The van der Waals surface area contributed by atoms with Crippen molar-refractivity contribution in [1.29, 1.82) is 0 Å². The van der Waals surface area contributed by atoms with Gasteiger partial charge in [0.15, 0.2) is 0 Å². The van der Waals surface area contributed by atoms with Crippen LogP contribution in [-0.4, -0.2) is 29.2 Å². The summed E-state index contributed by atoms with van der Waals surface area (Å²) in [4.78, 5) is 11.5. The quantitative estimate of drug-likeness (QED) is 0.156. The second-order valence-corrected chi connectivity index (χ2v) is 8.37. The number of hydrogen-bond donors (Lipinski definition) is 2. The fourth-order valence-electron chi connectivity index (χ4n) is 3.02. The average Bonchev–Trinajstić information content (AvgIpc) is 2.81. The lowest BCUT2D eigenvalue weighted by atomic mass is 10.1. The summed E-state index contributed by atoms with van der Waals surface area (Å²) >= 11 is 9.29. The van der Waals surface area contributed by atoms with Crippen LogP contribution in [0.2, 0.25) is 5.02 Å². The molecule has 0 saturated carbocycles. The number of carboxylic acids is 1. The number of nitrogens with one attached hydrogen (secondary N) is 1. The third-order valence-electron chi connectivity index (χ3n) is 4.71. The molecule has 0 spiro atoms. The average molecular weight is 519 g/mol. The second-order valence-electron chi connectivity index (χ2n) is 7.14. The first kappa shape index (κ1) is 24.0. The molecule has 0 saturated heterocycles. The molecule has 3 rings (SSSR count). The highest BCUT2D eigenvalue weighted by Crippen LogP contribution is 2.25. The maximum absolute atomic E-state index is 11.5. The van der Waals surface area contributed by atoms with Crippen LogP contribution in [0.5, 0.6) is 11.5 Å². The van der Waals surface area contributed by atoms with Gasteiger partial charge in [0, 0.05) is 22.6 Å². The fourth-order valence-corrected chi connectivity index (χ4v) is 3.54. The van der Waals surface area contributed by atoms with Crippen molar-refractivity contribution in [2.75, 3.05) is 17.2 Å². The molecular formula is C25H25BrClNO4. The zero-order valence-electron chi connectivity index (χ0n) is 17.5. The van der Waals surface area contributed by atoms with Gasteiger partial charge < -0.3 is 19.9 Å². The van der Waals surface area contributed by atoms with Crippen molar-refractivity contribution in [1.82, 2.24) is 0 Å². The smallest absolute Gasteiger partial charge is 0.387 e. The predicted molar refractivity (Wildman–Crippen MR) is 132 cm³/mol. The largest absolute Gasteiger partial charge is 0.476 e. The van der Waals surface area contributed by atoms with Gasteiger partial charge in [-0.1, -0.05) is 58.2 Å². The van der Waals surface area contributed by atoms with Gasteiger partial charge in [-0.05, 0) is 72.5 Å². The SMILES string of the molecule is O=C(O)C(Oc1ccc(Cl)cc1)Oc1ccc(-c2ccc(NCCCCCBr)cc2)cc1. The molecule has 0 aromatic heterocycles. The van der Waals surface area contributed by atoms with Crippen LogP contribution in [0, 0.1) is 0 Å². The van der Waals surface area contributed by atoms with Crippen LogP contribution in [0.3, 0.4) is 0 Å². The Morgan fingerprint density at radius 2 is 1.38 bits per heavy atom. The maximum Gasteiger partial charge on any atom is 0.387 e. The fraction of sp³-hybridized carbons (Fsp3) is 0.240. The minimum absolute atomic E-state index is 0.357. The molecular weight excluding hydrogens is 494 g/mol. The summed E-state index contributed by atoms with van der Waals surface area (Å²) in [5, 5.41) is 14.5. The molecule has 32 heavy (non-hydrogen) atoms. The minimum Gasteiger partial charge on any atom is -0.476 e. The lowest BCUT2D eigenvalue weighted by Gasteiger charge is -2.17. The van der Waals surface area contributed by atoms with Crippen LogP contribution >= 0.6 is 27.5 Å². The molecule has 3 aromatic rings. The van der Waals surface area contributed by atoms with Crippen molar-refractivity contribution in [2.24, 2.45) is 0 Å². The van der Waals surface area contributed by atoms with Crippen molar-refractivity contribution in [3.63, 3.8) is 0 Å². The number of anilines is 1. The summed E-state index contributed by atoms with van der Waals surface area (Å²) < 4.78 is 11.0. The van der Waals surface area contributed by atoms with Gasteiger partial charge in [0.1, 0.15) is 11.5 Å². The van der Waals surface area contributed by atoms with E-state index in [9.17, 15) is 9.90 Å². The molecule has 0 aliphatic rings. The van der Waals surface area contributed by atoms with E-state index in [0.29, 0.717) is 16.5 Å². The molecule has 0 aliphatic carbocycles. The van der Waals surface area contributed by atoms with E-state index in [1.54, 1.807) is 36.4 Å². The van der Waals surface area contributed by atoms with Gasteiger partial charge in [0.2, 0.25) is 0 Å². The van der Waals surface area contributed by atoms with E-state index < -0.39 is 12.3 Å². The van der Waals surface area contributed by atoms with Gasteiger partial charge in [-0.2, -0.15) is 0 Å². The Balaban J connectivity index is 1.57. The van der Waals surface area contributed by atoms with E-state index >= 15 is 0 Å². The Hall–Kier alpha value is -2.70. The number of halogens is 2. The van der Waals surface area contributed by atoms with Crippen LogP contribution in [0.25, 0.3) is 11.1 Å². The molecule has 1 unspecified atom stereocenters. The molecule has 5 nitrogen and oxygen atoms in total. The number of carboxylic acid groups (broad SMARTS) is 1. The monoisotopic (exact) mass is 517 g/mol. The van der Waals surface area contributed by atoms with Gasteiger partial charge in [-0.3, -0.25) is 0 Å². The first-order chi connectivity index (χ1) is 15.5. The normalized spacial score (nSPS) is 11.6.